The molecule has 0 saturated carbocycles. The quantitative estimate of drug-likeness (QED) is 0.723. The highest BCUT2D eigenvalue weighted by atomic mass is 32.2. The van der Waals surface area contributed by atoms with Crippen molar-refractivity contribution in [1.82, 2.24) is 10.2 Å². The summed E-state index contributed by atoms with van der Waals surface area (Å²) >= 11 is 2.00. The molecule has 4 nitrogen and oxygen atoms in total. The Balaban J connectivity index is 2.12. The van der Waals surface area contributed by atoms with Crippen molar-refractivity contribution in [2.75, 3.05) is 37.7 Å². The van der Waals surface area contributed by atoms with Crippen LogP contribution < -0.4 is 11.1 Å². The first-order chi connectivity index (χ1) is 7.61. The molecule has 0 aromatic carbocycles. The number of nitrogens with zero attached hydrogens (tertiary/aromatic N) is 1. The number of carbonyl (C=O) groups excluding carboxylic acids is 1. The Hall–Kier alpha value is -0.260. The number of carbonyl (C=O) groups is 1. The highest BCUT2D eigenvalue weighted by molar-refractivity contribution is 7.99. The Bertz CT molecular complexity index is 217. The molecule has 1 rings (SSSR count). The maximum Gasteiger partial charge on any atom is 0.224 e. The Morgan fingerprint density at radius 2 is 2.06 bits per heavy atom. The van der Waals surface area contributed by atoms with Gasteiger partial charge in [-0.2, -0.15) is 11.8 Å². The Morgan fingerprint density at radius 3 is 2.62 bits per heavy atom. The average Bonchev–Trinajstić information content (AvgIpc) is 2.29. The molecule has 94 valence electrons. The third kappa shape index (κ3) is 4.72. The van der Waals surface area contributed by atoms with Crippen LogP contribution in [0.3, 0.4) is 0 Å². The van der Waals surface area contributed by atoms with Crippen LogP contribution >= 0.6 is 11.8 Å². The van der Waals surface area contributed by atoms with Crippen LogP contribution in [0.5, 0.6) is 0 Å². The molecule has 5 heteroatoms. The smallest absolute Gasteiger partial charge is 0.224 e. The van der Waals surface area contributed by atoms with Gasteiger partial charge in [0.25, 0.3) is 0 Å². The molecule has 0 radical (unpaired) electrons. The molecule has 2 atom stereocenters. The van der Waals surface area contributed by atoms with Crippen molar-refractivity contribution < 1.29 is 4.79 Å². The van der Waals surface area contributed by atoms with Gasteiger partial charge < -0.3 is 11.1 Å². The molecule has 16 heavy (non-hydrogen) atoms. The van der Waals surface area contributed by atoms with Crippen LogP contribution in [0.2, 0.25) is 0 Å². The first-order valence-corrected chi connectivity index (χ1v) is 7.10. The van der Waals surface area contributed by atoms with E-state index >= 15 is 0 Å². The van der Waals surface area contributed by atoms with Gasteiger partial charge in [0, 0.05) is 49.6 Å². The number of hydrogen-bond donors (Lipinski definition) is 2. The molecule has 1 saturated heterocycles. The number of thioether (sulfide) groups is 1. The van der Waals surface area contributed by atoms with Crippen molar-refractivity contribution in [2.24, 2.45) is 11.7 Å². The summed E-state index contributed by atoms with van der Waals surface area (Å²) in [5, 5.41) is 2.94. The Morgan fingerprint density at radius 1 is 1.44 bits per heavy atom. The predicted molar refractivity (Wildman–Crippen MR) is 69.6 cm³/mol. The molecule has 1 heterocycles. The lowest BCUT2D eigenvalue weighted by molar-refractivity contribution is -0.124. The van der Waals surface area contributed by atoms with Crippen LogP contribution in [0.25, 0.3) is 0 Å². The van der Waals surface area contributed by atoms with E-state index in [1.165, 1.54) is 11.5 Å². The zero-order valence-electron chi connectivity index (χ0n) is 10.2. The Labute approximate surface area is 102 Å². The van der Waals surface area contributed by atoms with E-state index in [9.17, 15) is 4.79 Å². The first-order valence-electron chi connectivity index (χ1n) is 5.94. The van der Waals surface area contributed by atoms with E-state index in [4.69, 9.17) is 5.73 Å². The Kier molecular flexibility index (Phi) is 6.16. The minimum atomic E-state index is -0.100. The summed E-state index contributed by atoms with van der Waals surface area (Å²) in [5.74, 6) is 2.40. The highest BCUT2D eigenvalue weighted by Gasteiger charge is 2.17. The normalized spacial score (nSPS) is 21.4. The van der Waals surface area contributed by atoms with Gasteiger partial charge in [-0.25, -0.2) is 0 Å². The average molecular weight is 245 g/mol. The summed E-state index contributed by atoms with van der Waals surface area (Å²) in [7, 11) is 0. The molecular formula is C11H23N3OS. The predicted octanol–water partition coefficient (Wildman–Crippen LogP) is 0.135. The minimum Gasteiger partial charge on any atom is -0.355 e. The van der Waals surface area contributed by atoms with Gasteiger partial charge in [-0.15, -0.1) is 0 Å². The van der Waals surface area contributed by atoms with E-state index < -0.39 is 0 Å². The number of rotatable bonds is 5. The monoisotopic (exact) mass is 245 g/mol. The second kappa shape index (κ2) is 7.14. The molecule has 1 aliphatic heterocycles. The topological polar surface area (TPSA) is 58.4 Å². The molecule has 1 fully saturated rings. The lowest BCUT2D eigenvalue weighted by Gasteiger charge is -2.26. The maximum atomic E-state index is 11.6. The minimum absolute atomic E-state index is 0.0707. The SMILES string of the molecule is CC(N)C(C)C(=O)NCCN1CCSCC1. The molecular weight excluding hydrogens is 222 g/mol. The third-order valence-corrected chi connectivity index (χ3v) is 3.98. The van der Waals surface area contributed by atoms with Gasteiger partial charge in [0.2, 0.25) is 5.91 Å². The lowest BCUT2D eigenvalue weighted by Crippen LogP contribution is -2.43. The second-order valence-electron chi connectivity index (χ2n) is 4.39. The fourth-order valence-corrected chi connectivity index (χ4v) is 2.54. The molecule has 0 aromatic heterocycles. The molecule has 3 N–H and O–H groups in total. The highest BCUT2D eigenvalue weighted by Crippen LogP contribution is 2.08. The zero-order valence-corrected chi connectivity index (χ0v) is 11.1. The maximum absolute atomic E-state index is 11.6. The standard InChI is InChI=1S/C11H23N3OS/c1-9(10(2)12)11(15)13-3-4-14-5-7-16-8-6-14/h9-10H,3-8,12H2,1-2H3,(H,13,15). The summed E-state index contributed by atoms with van der Waals surface area (Å²) in [6.07, 6.45) is 0. The number of nitrogens with one attached hydrogen (secondary N) is 1. The van der Waals surface area contributed by atoms with E-state index in [2.05, 4.69) is 10.2 Å². The molecule has 1 aliphatic rings. The fourth-order valence-electron chi connectivity index (χ4n) is 1.56. The summed E-state index contributed by atoms with van der Waals surface area (Å²) in [6, 6.07) is -0.0774. The fraction of sp³-hybridized carbons (Fsp3) is 0.909. The van der Waals surface area contributed by atoms with Crippen LogP contribution in [0.1, 0.15) is 13.8 Å². The molecule has 0 aromatic rings. The van der Waals surface area contributed by atoms with Crippen molar-refractivity contribution in [2.45, 2.75) is 19.9 Å². The van der Waals surface area contributed by atoms with Crippen molar-refractivity contribution in [1.29, 1.82) is 0 Å². The van der Waals surface area contributed by atoms with E-state index in [1.54, 1.807) is 0 Å². The number of nitrogens with two attached hydrogens (primary N) is 1. The van der Waals surface area contributed by atoms with Crippen molar-refractivity contribution in [3.05, 3.63) is 0 Å². The summed E-state index contributed by atoms with van der Waals surface area (Å²) < 4.78 is 0. The van der Waals surface area contributed by atoms with Crippen LogP contribution in [0.4, 0.5) is 0 Å². The van der Waals surface area contributed by atoms with Gasteiger partial charge in [-0.05, 0) is 6.92 Å². The van der Waals surface area contributed by atoms with Gasteiger partial charge >= 0.3 is 0 Å². The van der Waals surface area contributed by atoms with Gasteiger partial charge in [-0.1, -0.05) is 6.92 Å². The summed E-state index contributed by atoms with van der Waals surface area (Å²) in [6.45, 7) is 7.72. The molecule has 0 spiro atoms. The van der Waals surface area contributed by atoms with E-state index in [1.807, 2.05) is 25.6 Å². The third-order valence-electron chi connectivity index (χ3n) is 3.03. The van der Waals surface area contributed by atoms with Crippen molar-refractivity contribution in [3.63, 3.8) is 0 Å². The van der Waals surface area contributed by atoms with Gasteiger partial charge in [-0.3, -0.25) is 9.69 Å². The zero-order chi connectivity index (χ0) is 12.0. The van der Waals surface area contributed by atoms with E-state index in [-0.39, 0.29) is 17.9 Å². The van der Waals surface area contributed by atoms with Crippen molar-refractivity contribution in [3.8, 4) is 0 Å². The first kappa shape index (κ1) is 13.8. The largest absolute Gasteiger partial charge is 0.355 e. The number of hydrogen-bond acceptors (Lipinski definition) is 4. The second-order valence-corrected chi connectivity index (χ2v) is 5.62. The summed E-state index contributed by atoms with van der Waals surface area (Å²) in [4.78, 5) is 14.0. The van der Waals surface area contributed by atoms with Gasteiger partial charge in [0.15, 0.2) is 0 Å². The van der Waals surface area contributed by atoms with Crippen LogP contribution in [-0.4, -0.2) is 54.5 Å². The molecule has 0 aliphatic carbocycles. The van der Waals surface area contributed by atoms with Gasteiger partial charge in [0.1, 0.15) is 0 Å². The van der Waals surface area contributed by atoms with E-state index in [0.29, 0.717) is 0 Å². The van der Waals surface area contributed by atoms with E-state index in [0.717, 1.165) is 26.2 Å². The van der Waals surface area contributed by atoms with Crippen molar-refractivity contribution >= 4 is 17.7 Å². The van der Waals surface area contributed by atoms with Crippen LogP contribution in [0, 0.1) is 5.92 Å². The molecule has 1 amide bonds. The van der Waals surface area contributed by atoms with Crippen LogP contribution in [-0.2, 0) is 4.79 Å². The van der Waals surface area contributed by atoms with Crippen LogP contribution in [0.15, 0.2) is 0 Å². The number of amides is 1. The molecule has 2 unspecified atom stereocenters. The van der Waals surface area contributed by atoms with Gasteiger partial charge in [0.05, 0.1) is 0 Å². The molecule has 0 bridgehead atoms. The summed E-state index contributed by atoms with van der Waals surface area (Å²) in [5.41, 5.74) is 5.68. The lowest BCUT2D eigenvalue weighted by atomic mass is 10.0.